The molecule has 2 atom stereocenters. The monoisotopic (exact) mass is 790 g/mol. The molecule has 0 aliphatic rings. The van der Waals surface area contributed by atoms with Gasteiger partial charge in [0.05, 0.1) is 25.4 Å². The van der Waals surface area contributed by atoms with Crippen LogP contribution in [0, 0.1) is 0 Å². The second-order valence-corrected chi connectivity index (χ2v) is 16.8. The summed E-state index contributed by atoms with van der Waals surface area (Å²) in [6.07, 6.45) is 53.2. The van der Waals surface area contributed by atoms with E-state index in [1.165, 1.54) is 154 Å². The highest BCUT2D eigenvalue weighted by atomic mass is 16.5. The summed E-state index contributed by atoms with van der Waals surface area (Å²) in [6.45, 7) is 4.82. The first-order chi connectivity index (χ1) is 27.5. The van der Waals surface area contributed by atoms with Crippen LogP contribution in [0.2, 0.25) is 0 Å². The molecule has 0 aliphatic heterocycles. The number of nitrogens with one attached hydrogen (secondary N) is 1. The lowest BCUT2D eigenvalue weighted by Gasteiger charge is -2.20. The van der Waals surface area contributed by atoms with E-state index in [1.54, 1.807) is 6.08 Å². The highest BCUT2D eigenvalue weighted by Crippen LogP contribution is 2.15. The maximum absolute atomic E-state index is 12.4. The largest absolute Gasteiger partial charge is 0.466 e. The Kier molecular flexibility index (Phi) is 44.7. The third-order valence-corrected chi connectivity index (χ3v) is 11.2. The molecule has 3 N–H and O–H groups in total. The van der Waals surface area contributed by atoms with E-state index in [9.17, 15) is 19.8 Å². The molecule has 2 unspecified atom stereocenters. The minimum atomic E-state index is -0.858. The molecule has 6 nitrogen and oxygen atoms in total. The first-order valence-electron chi connectivity index (χ1n) is 24.6. The Morgan fingerprint density at radius 2 is 0.839 bits per heavy atom. The van der Waals surface area contributed by atoms with Gasteiger partial charge in [0.15, 0.2) is 0 Å². The number of esters is 1. The molecule has 0 saturated heterocycles. The summed E-state index contributed by atoms with van der Waals surface area (Å²) in [5, 5.41) is 22.9. The molecule has 0 radical (unpaired) electrons. The predicted molar refractivity (Wildman–Crippen MR) is 241 cm³/mol. The number of ether oxygens (including phenoxy) is 1. The van der Waals surface area contributed by atoms with Gasteiger partial charge >= 0.3 is 5.97 Å². The van der Waals surface area contributed by atoms with Crippen molar-refractivity contribution in [1.82, 2.24) is 5.32 Å². The SMILES string of the molecule is CCCCCCCCCC/C=C/C(O)C(CO)NC(=O)CCCCCCC/C=C\CCCCCOC(=O)CCCCCCCCCCCCCCCCCCC. The second kappa shape index (κ2) is 46.0. The molecule has 1 amide bonds. The molecule has 0 aromatic carbocycles. The third kappa shape index (κ3) is 42.0. The Labute approximate surface area is 348 Å². The maximum atomic E-state index is 12.4. The van der Waals surface area contributed by atoms with Crippen LogP contribution in [0.3, 0.4) is 0 Å². The van der Waals surface area contributed by atoms with Gasteiger partial charge in [-0.1, -0.05) is 205 Å². The van der Waals surface area contributed by atoms with Crippen LogP contribution in [0.25, 0.3) is 0 Å². The fraction of sp³-hybridized carbons (Fsp3) is 0.880. The Hall–Kier alpha value is -1.66. The highest BCUT2D eigenvalue weighted by Gasteiger charge is 2.18. The van der Waals surface area contributed by atoms with E-state index >= 15 is 0 Å². The Balaban J connectivity index is 3.49. The van der Waals surface area contributed by atoms with E-state index in [4.69, 9.17) is 4.74 Å². The first kappa shape index (κ1) is 54.3. The first-order valence-corrected chi connectivity index (χ1v) is 24.6. The van der Waals surface area contributed by atoms with Gasteiger partial charge in [-0.3, -0.25) is 9.59 Å². The summed E-state index contributed by atoms with van der Waals surface area (Å²) in [5.74, 6) is -0.117. The molecular weight excluding hydrogens is 695 g/mol. The van der Waals surface area contributed by atoms with Crippen LogP contribution in [-0.2, 0) is 14.3 Å². The van der Waals surface area contributed by atoms with Crippen LogP contribution in [-0.4, -0.2) is 47.4 Å². The molecule has 330 valence electrons. The van der Waals surface area contributed by atoms with Crippen molar-refractivity contribution >= 4 is 11.9 Å². The van der Waals surface area contributed by atoms with Crippen LogP contribution in [0.1, 0.15) is 258 Å². The lowest BCUT2D eigenvalue weighted by Crippen LogP contribution is -2.45. The van der Waals surface area contributed by atoms with Crippen LogP contribution in [0.15, 0.2) is 24.3 Å². The molecule has 0 spiro atoms. The standard InChI is InChI=1S/C50H95NO5/c1-3-5-7-9-11-13-15-16-17-18-19-20-24-28-32-36-40-44-50(55)56-45-41-37-33-29-25-22-21-23-27-31-35-39-43-49(54)51-47(46-52)48(53)42-38-34-30-26-14-12-10-8-6-4-2/h22,25,38,42,47-48,52-53H,3-21,23-24,26-37,39-41,43-46H2,1-2H3,(H,51,54)/b25-22-,42-38+. The van der Waals surface area contributed by atoms with E-state index in [0.29, 0.717) is 19.4 Å². The number of allylic oxidation sites excluding steroid dienone is 3. The highest BCUT2D eigenvalue weighted by molar-refractivity contribution is 5.76. The molecule has 0 aromatic heterocycles. The van der Waals surface area contributed by atoms with E-state index in [0.717, 1.165) is 77.0 Å². The number of carbonyl (C=O) groups excluding carboxylic acids is 2. The van der Waals surface area contributed by atoms with Crippen molar-refractivity contribution in [3.63, 3.8) is 0 Å². The van der Waals surface area contributed by atoms with Crippen molar-refractivity contribution in [2.24, 2.45) is 0 Å². The lowest BCUT2D eigenvalue weighted by atomic mass is 10.0. The van der Waals surface area contributed by atoms with Crippen molar-refractivity contribution in [2.75, 3.05) is 13.2 Å². The van der Waals surface area contributed by atoms with Crippen molar-refractivity contribution in [1.29, 1.82) is 0 Å². The number of unbranched alkanes of at least 4 members (excludes halogenated alkanes) is 32. The Bertz CT molecular complexity index is 874. The minimum Gasteiger partial charge on any atom is -0.466 e. The topological polar surface area (TPSA) is 95.9 Å². The fourth-order valence-electron chi connectivity index (χ4n) is 7.39. The van der Waals surface area contributed by atoms with Gasteiger partial charge in [-0.05, 0) is 64.2 Å². The average Bonchev–Trinajstić information content (AvgIpc) is 3.20. The smallest absolute Gasteiger partial charge is 0.305 e. The molecule has 0 aliphatic carbocycles. The number of amides is 1. The van der Waals surface area contributed by atoms with Crippen LogP contribution in [0.5, 0.6) is 0 Å². The maximum Gasteiger partial charge on any atom is 0.305 e. The molecular formula is C50H95NO5. The van der Waals surface area contributed by atoms with Gasteiger partial charge in [0.25, 0.3) is 0 Å². The van der Waals surface area contributed by atoms with Gasteiger partial charge in [-0.2, -0.15) is 0 Å². The van der Waals surface area contributed by atoms with E-state index in [-0.39, 0.29) is 18.5 Å². The van der Waals surface area contributed by atoms with E-state index in [1.807, 2.05) is 6.08 Å². The average molecular weight is 790 g/mol. The van der Waals surface area contributed by atoms with Crippen molar-refractivity contribution < 1.29 is 24.5 Å². The molecule has 56 heavy (non-hydrogen) atoms. The number of aliphatic hydroxyl groups excluding tert-OH is 2. The lowest BCUT2D eigenvalue weighted by molar-refractivity contribution is -0.143. The quantitative estimate of drug-likeness (QED) is 0.0324. The van der Waals surface area contributed by atoms with E-state index < -0.39 is 12.1 Å². The number of hydrogen-bond donors (Lipinski definition) is 3. The van der Waals surface area contributed by atoms with Crippen LogP contribution >= 0.6 is 0 Å². The number of hydrogen-bond acceptors (Lipinski definition) is 5. The number of aliphatic hydroxyl groups is 2. The summed E-state index contributed by atoms with van der Waals surface area (Å²) >= 11 is 0. The zero-order valence-electron chi connectivity index (χ0n) is 37.4. The van der Waals surface area contributed by atoms with Crippen molar-refractivity contribution in [3.8, 4) is 0 Å². The second-order valence-electron chi connectivity index (χ2n) is 16.8. The minimum absolute atomic E-state index is 0.0213. The molecule has 0 bridgehead atoms. The molecule has 0 rings (SSSR count). The summed E-state index contributed by atoms with van der Waals surface area (Å²) < 4.78 is 5.45. The van der Waals surface area contributed by atoms with Crippen molar-refractivity contribution in [2.45, 2.75) is 270 Å². The molecule has 0 saturated carbocycles. The van der Waals surface area contributed by atoms with Gasteiger partial charge in [-0.15, -0.1) is 0 Å². The summed E-state index contributed by atoms with van der Waals surface area (Å²) in [5.41, 5.74) is 0. The summed E-state index contributed by atoms with van der Waals surface area (Å²) in [6, 6.07) is -0.644. The summed E-state index contributed by atoms with van der Waals surface area (Å²) in [7, 11) is 0. The fourth-order valence-corrected chi connectivity index (χ4v) is 7.39. The van der Waals surface area contributed by atoms with Gasteiger partial charge < -0.3 is 20.3 Å². The Morgan fingerprint density at radius 3 is 1.27 bits per heavy atom. The molecule has 6 heteroatoms. The van der Waals surface area contributed by atoms with Gasteiger partial charge in [-0.25, -0.2) is 0 Å². The predicted octanol–water partition coefficient (Wildman–Crippen LogP) is 14.3. The summed E-state index contributed by atoms with van der Waals surface area (Å²) in [4.78, 5) is 24.4. The normalized spacial score (nSPS) is 12.9. The van der Waals surface area contributed by atoms with Gasteiger partial charge in [0, 0.05) is 12.8 Å². The van der Waals surface area contributed by atoms with Crippen molar-refractivity contribution in [3.05, 3.63) is 24.3 Å². The van der Waals surface area contributed by atoms with Crippen LogP contribution in [0.4, 0.5) is 0 Å². The van der Waals surface area contributed by atoms with Crippen LogP contribution < -0.4 is 5.32 Å². The van der Waals surface area contributed by atoms with Gasteiger partial charge in [0.2, 0.25) is 5.91 Å². The zero-order valence-corrected chi connectivity index (χ0v) is 37.4. The number of carbonyl (C=O) groups is 2. The zero-order chi connectivity index (χ0) is 40.8. The molecule has 0 fully saturated rings. The van der Waals surface area contributed by atoms with Gasteiger partial charge in [0.1, 0.15) is 0 Å². The third-order valence-electron chi connectivity index (χ3n) is 11.2. The number of rotatable bonds is 45. The molecule has 0 aromatic rings. The molecule has 0 heterocycles. The van der Waals surface area contributed by atoms with E-state index in [2.05, 4.69) is 31.3 Å². The Morgan fingerprint density at radius 1 is 0.482 bits per heavy atom.